The van der Waals surface area contributed by atoms with E-state index in [0.717, 1.165) is 25.7 Å². The fraction of sp³-hybridized carbons (Fsp3) is 0.545. The summed E-state index contributed by atoms with van der Waals surface area (Å²) < 4.78 is 6.84. The summed E-state index contributed by atoms with van der Waals surface area (Å²) in [5, 5.41) is 1.24. The van der Waals surface area contributed by atoms with Gasteiger partial charge in [0.05, 0.1) is 23.3 Å². The highest BCUT2D eigenvalue weighted by Crippen LogP contribution is 2.32. The third-order valence-electron chi connectivity index (χ3n) is 5.95. The summed E-state index contributed by atoms with van der Waals surface area (Å²) in [5.74, 6) is 0.213. The molecule has 0 bridgehead atoms. The number of ether oxygens (including phenoxy) is 1. The third-order valence-corrected chi connectivity index (χ3v) is 6.89. The number of benzene rings is 1. The lowest BCUT2D eigenvalue weighted by Gasteiger charge is -2.34. The second-order valence-electron chi connectivity index (χ2n) is 7.88. The first-order chi connectivity index (χ1) is 15.1. The zero-order chi connectivity index (χ0) is 21.8. The van der Waals surface area contributed by atoms with E-state index >= 15 is 0 Å². The molecule has 31 heavy (non-hydrogen) atoms. The van der Waals surface area contributed by atoms with Gasteiger partial charge in [0.1, 0.15) is 0 Å². The zero-order valence-electron chi connectivity index (χ0n) is 17.8. The fourth-order valence-corrected chi connectivity index (χ4v) is 5.25. The number of hydrogen-bond acceptors (Lipinski definition) is 6. The van der Waals surface area contributed by atoms with Crippen LogP contribution in [-0.4, -0.2) is 69.9 Å². The van der Waals surface area contributed by atoms with Crippen LogP contribution in [0.3, 0.4) is 0 Å². The van der Waals surface area contributed by atoms with E-state index in [1.54, 1.807) is 16.7 Å². The summed E-state index contributed by atoms with van der Waals surface area (Å²) >= 11 is 1.34. The Morgan fingerprint density at radius 1 is 1.10 bits per heavy atom. The molecule has 1 aromatic heterocycles. The van der Waals surface area contributed by atoms with Crippen molar-refractivity contribution in [1.82, 2.24) is 19.4 Å². The van der Waals surface area contributed by atoms with Crippen molar-refractivity contribution in [2.24, 2.45) is 0 Å². The molecule has 1 aliphatic heterocycles. The maximum absolute atomic E-state index is 13.2. The maximum atomic E-state index is 13.2. The zero-order valence-corrected chi connectivity index (χ0v) is 18.6. The molecular weight excluding hydrogens is 416 g/mol. The van der Waals surface area contributed by atoms with E-state index < -0.39 is 0 Å². The summed E-state index contributed by atoms with van der Waals surface area (Å²) in [6, 6.07) is 7.54. The molecule has 2 fully saturated rings. The maximum Gasteiger partial charge on any atom is 0.409 e. The molecule has 2 aromatic rings. The highest BCUT2D eigenvalue weighted by Gasteiger charge is 2.27. The topological polar surface area (TPSA) is 84.7 Å². The second kappa shape index (κ2) is 9.72. The van der Waals surface area contributed by atoms with Gasteiger partial charge >= 0.3 is 6.09 Å². The molecule has 1 saturated carbocycles. The molecule has 9 heteroatoms. The molecule has 0 spiro atoms. The standard InChI is InChI=1S/C22H28N4O4S/c1-2-30-22(29)25-13-11-24(12-14-25)19(27)15-31-21-23-18-10-6-5-9-17(18)20(28)26(21)16-7-3-4-8-16/h5-6,9-10,16H,2-4,7-8,11-15H2,1H3. The minimum atomic E-state index is -0.329. The van der Waals surface area contributed by atoms with Crippen LogP contribution in [0.15, 0.2) is 34.2 Å². The van der Waals surface area contributed by atoms with E-state index in [4.69, 9.17) is 9.72 Å². The lowest BCUT2D eigenvalue weighted by atomic mass is 10.2. The number of carbonyl (C=O) groups is 2. The number of amides is 2. The quantitative estimate of drug-likeness (QED) is 0.521. The molecule has 2 aliphatic rings. The van der Waals surface area contributed by atoms with Crippen LogP contribution in [0, 0.1) is 0 Å². The van der Waals surface area contributed by atoms with Gasteiger partial charge in [-0.15, -0.1) is 0 Å². The monoisotopic (exact) mass is 444 g/mol. The van der Waals surface area contributed by atoms with Crippen LogP contribution in [0.2, 0.25) is 0 Å². The van der Waals surface area contributed by atoms with Gasteiger partial charge in [0.2, 0.25) is 5.91 Å². The van der Waals surface area contributed by atoms with Crippen molar-refractivity contribution in [2.75, 3.05) is 38.5 Å². The molecule has 0 radical (unpaired) electrons. The molecule has 0 N–H and O–H groups in total. The van der Waals surface area contributed by atoms with Crippen LogP contribution in [0.4, 0.5) is 4.79 Å². The number of thioether (sulfide) groups is 1. The minimum Gasteiger partial charge on any atom is -0.450 e. The Morgan fingerprint density at radius 2 is 1.77 bits per heavy atom. The molecule has 1 saturated heterocycles. The normalized spacial score (nSPS) is 17.3. The lowest BCUT2D eigenvalue weighted by Crippen LogP contribution is -2.51. The Labute approximate surface area is 185 Å². The molecule has 0 atom stereocenters. The highest BCUT2D eigenvalue weighted by molar-refractivity contribution is 7.99. The van der Waals surface area contributed by atoms with E-state index in [1.165, 1.54) is 11.8 Å². The number of rotatable bonds is 5. The summed E-state index contributed by atoms with van der Waals surface area (Å²) in [7, 11) is 0. The van der Waals surface area contributed by atoms with Crippen LogP contribution in [0.1, 0.15) is 38.6 Å². The molecule has 2 heterocycles. The Bertz CT molecular complexity index is 1010. The van der Waals surface area contributed by atoms with Gasteiger partial charge in [-0.1, -0.05) is 36.7 Å². The average Bonchev–Trinajstić information content (AvgIpc) is 3.32. The molecule has 2 amide bonds. The molecule has 1 aliphatic carbocycles. The van der Waals surface area contributed by atoms with Gasteiger partial charge in [0.25, 0.3) is 5.56 Å². The van der Waals surface area contributed by atoms with E-state index in [2.05, 4.69) is 0 Å². The summed E-state index contributed by atoms with van der Waals surface area (Å²) in [4.78, 5) is 46.0. The summed E-state index contributed by atoms with van der Waals surface area (Å²) in [5.41, 5.74) is 0.648. The molecule has 1 aromatic carbocycles. The van der Waals surface area contributed by atoms with Crippen molar-refractivity contribution in [3.05, 3.63) is 34.6 Å². The van der Waals surface area contributed by atoms with Crippen LogP contribution in [-0.2, 0) is 9.53 Å². The Kier molecular flexibility index (Phi) is 6.80. The van der Waals surface area contributed by atoms with Crippen molar-refractivity contribution < 1.29 is 14.3 Å². The van der Waals surface area contributed by atoms with Crippen molar-refractivity contribution in [3.8, 4) is 0 Å². The average molecular weight is 445 g/mol. The molecule has 4 rings (SSSR count). The largest absolute Gasteiger partial charge is 0.450 e. The van der Waals surface area contributed by atoms with Crippen molar-refractivity contribution in [3.63, 3.8) is 0 Å². The third kappa shape index (κ3) is 4.71. The van der Waals surface area contributed by atoms with Gasteiger partial charge in [0, 0.05) is 32.2 Å². The predicted molar refractivity (Wildman–Crippen MR) is 119 cm³/mol. The molecule has 166 valence electrons. The Morgan fingerprint density at radius 3 is 2.48 bits per heavy atom. The fourth-order valence-electron chi connectivity index (χ4n) is 4.28. The number of piperazine rings is 1. The number of carbonyl (C=O) groups excluding carboxylic acids is 2. The van der Waals surface area contributed by atoms with Crippen LogP contribution < -0.4 is 5.56 Å². The molecular formula is C22H28N4O4S. The first-order valence-corrected chi connectivity index (χ1v) is 11.9. The first kappa shape index (κ1) is 21.7. The minimum absolute atomic E-state index is 0.00566. The SMILES string of the molecule is CCOC(=O)N1CCN(C(=O)CSc2nc3ccccc3c(=O)n2C2CCCC2)CC1. The van der Waals surface area contributed by atoms with E-state index in [9.17, 15) is 14.4 Å². The van der Waals surface area contributed by atoms with E-state index in [-0.39, 0.29) is 29.4 Å². The number of fused-ring (bicyclic) bond motifs is 1. The molecule has 8 nitrogen and oxygen atoms in total. The van der Waals surface area contributed by atoms with Crippen LogP contribution in [0.25, 0.3) is 10.9 Å². The number of nitrogens with zero attached hydrogens (tertiary/aromatic N) is 4. The Balaban J connectivity index is 1.46. The van der Waals surface area contributed by atoms with Gasteiger partial charge < -0.3 is 14.5 Å². The first-order valence-electron chi connectivity index (χ1n) is 10.9. The summed E-state index contributed by atoms with van der Waals surface area (Å²) in [6.07, 6.45) is 3.83. The highest BCUT2D eigenvalue weighted by atomic mass is 32.2. The van der Waals surface area contributed by atoms with Crippen molar-refractivity contribution in [2.45, 2.75) is 43.8 Å². The predicted octanol–water partition coefficient (Wildman–Crippen LogP) is 2.90. The van der Waals surface area contributed by atoms with Crippen LogP contribution >= 0.6 is 11.8 Å². The van der Waals surface area contributed by atoms with Crippen LogP contribution in [0.5, 0.6) is 0 Å². The number of aromatic nitrogens is 2. The van der Waals surface area contributed by atoms with Gasteiger partial charge in [-0.2, -0.15) is 0 Å². The Hall–Kier alpha value is -2.55. The summed E-state index contributed by atoms with van der Waals surface area (Å²) in [6.45, 7) is 4.03. The smallest absolute Gasteiger partial charge is 0.409 e. The van der Waals surface area contributed by atoms with Gasteiger partial charge in [0.15, 0.2) is 5.16 Å². The number of para-hydroxylation sites is 1. The van der Waals surface area contributed by atoms with E-state index in [1.807, 2.05) is 28.8 Å². The number of hydrogen-bond donors (Lipinski definition) is 0. The van der Waals surface area contributed by atoms with E-state index in [0.29, 0.717) is 48.8 Å². The second-order valence-corrected chi connectivity index (χ2v) is 8.82. The lowest BCUT2D eigenvalue weighted by molar-refractivity contribution is -0.129. The van der Waals surface area contributed by atoms with Crippen molar-refractivity contribution in [1.29, 1.82) is 0 Å². The van der Waals surface area contributed by atoms with Gasteiger partial charge in [-0.3, -0.25) is 14.2 Å². The van der Waals surface area contributed by atoms with Crippen molar-refractivity contribution >= 4 is 34.7 Å². The molecule has 0 unspecified atom stereocenters. The van der Waals surface area contributed by atoms with Gasteiger partial charge in [-0.25, -0.2) is 9.78 Å². The van der Waals surface area contributed by atoms with Gasteiger partial charge in [-0.05, 0) is 31.9 Å².